The number of carbonyl (C=O) groups is 1. The van der Waals surface area contributed by atoms with Gasteiger partial charge in [-0.1, -0.05) is 12.8 Å². The van der Waals surface area contributed by atoms with Gasteiger partial charge in [-0.25, -0.2) is 9.97 Å². The number of nitrogens with zero attached hydrogens (tertiary/aromatic N) is 5. The molecule has 2 fully saturated rings. The summed E-state index contributed by atoms with van der Waals surface area (Å²) in [5.41, 5.74) is 1.06. The summed E-state index contributed by atoms with van der Waals surface area (Å²) in [6, 6.07) is 2.06. The molecule has 0 bridgehead atoms. The number of hydrogen-bond acceptors (Lipinski definition) is 5. The second kappa shape index (κ2) is 8.13. The number of carbonyl (C=O) groups excluding carboxylic acids is 1. The molecule has 6 nitrogen and oxygen atoms in total. The van der Waals surface area contributed by atoms with Crippen molar-refractivity contribution >= 4 is 11.7 Å². The highest BCUT2D eigenvalue weighted by Crippen LogP contribution is 2.27. The molecule has 0 aromatic carbocycles. The Kier molecular flexibility index (Phi) is 5.89. The second-order valence-electron chi connectivity index (χ2n) is 7.86. The highest BCUT2D eigenvalue weighted by molar-refractivity contribution is 5.79. The zero-order valence-electron chi connectivity index (χ0n) is 15.8. The van der Waals surface area contributed by atoms with Crippen LogP contribution in [0, 0.1) is 11.8 Å². The van der Waals surface area contributed by atoms with Crippen molar-refractivity contribution in [3.63, 3.8) is 0 Å². The minimum atomic E-state index is 0.267. The molecule has 1 saturated heterocycles. The number of rotatable bonds is 4. The zero-order chi connectivity index (χ0) is 17.8. The Morgan fingerprint density at radius 2 is 1.96 bits per heavy atom. The molecule has 0 radical (unpaired) electrons. The van der Waals surface area contributed by atoms with E-state index in [1.165, 1.54) is 12.8 Å². The summed E-state index contributed by atoms with van der Waals surface area (Å²) < 4.78 is 0. The van der Waals surface area contributed by atoms with Crippen LogP contribution in [0.2, 0.25) is 0 Å². The molecular weight excluding hydrogens is 314 g/mol. The fourth-order valence-corrected chi connectivity index (χ4v) is 4.08. The summed E-state index contributed by atoms with van der Waals surface area (Å²) in [6.45, 7) is 3.67. The Bertz CT molecular complexity index is 585. The lowest BCUT2D eigenvalue weighted by atomic mass is 10.0. The molecule has 1 aromatic rings. The van der Waals surface area contributed by atoms with Gasteiger partial charge in [0.1, 0.15) is 12.1 Å². The lowest BCUT2D eigenvalue weighted by Gasteiger charge is -2.26. The van der Waals surface area contributed by atoms with E-state index >= 15 is 0 Å². The molecule has 0 N–H and O–H groups in total. The van der Waals surface area contributed by atoms with Gasteiger partial charge in [-0.15, -0.1) is 0 Å². The first-order chi connectivity index (χ1) is 12.0. The third-order valence-electron chi connectivity index (χ3n) is 5.48. The van der Waals surface area contributed by atoms with Gasteiger partial charge in [0, 0.05) is 58.0 Å². The van der Waals surface area contributed by atoms with Crippen LogP contribution in [0.5, 0.6) is 0 Å². The van der Waals surface area contributed by atoms with Crippen LogP contribution in [0.15, 0.2) is 12.4 Å². The molecule has 1 aromatic heterocycles. The van der Waals surface area contributed by atoms with Gasteiger partial charge in [0.05, 0.1) is 0 Å². The van der Waals surface area contributed by atoms with Crippen LogP contribution in [0.3, 0.4) is 0 Å². The van der Waals surface area contributed by atoms with Crippen LogP contribution in [-0.2, 0) is 11.2 Å². The Labute approximate surface area is 151 Å². The molecule has 138 valence electrons. The SMILES string of the molecule is CN1CCN(C(=O)C2CCCC2)C[C@@H](Cc2cc(N(C)C)ncn2)C1. The Hall–Kier alpha value is -1.69. The lowest BCUT2D eigenvalue weighted by molar-refractivity contribution is -0.135. The smallest absolute Gasteiger partial charge is 0.225 e. The van der Waals surface area contributed by atoms with E-state index in [-0.39, 0.29) is 5.92 Å². The van der Waals surface area contributed by atoms with E-state index in [9.17, 15) is 4.79 Å². The molecule has 1 saturated carbocycles. The third kappa shape index (κ3) is 4.69. The number of aromatic nitrogens is 2. The van der Waals surface area contributed by atoms with Crippen LogP contribution in [0.4, 0.5) is 5.82 Å². The van der Waals surface area contributed by atoms with Crippen molar-refractivity contribution in [3.8, 4) is 0 Å². The lowest BCUT2D eigenvalue weighted by Crippen LogP contribution is -2.39. The number of anilines is 1. The van der Waals surface area contributed by atoms with Gasteiger partial charge in [0.2, 0.25) is 5.91 Å². The van der Waals surface area contributed by atoms with Gasteiger partial charge in [0.15, 0.2) is 0 Å². The number of hydrogen-bond donors (Lipinski definition) is 0. The van der Waals surface area contributed by atoms with E-state index < -0.39 is 0 Å². The monoisotopic (exact) mass is 345 g/mol. The first-order valence-corrected chi connectivity index (χ1v) is 9.48. The summed E-state index contributed by atoms with van der Waals surface area (Å²) in [7, 11) is 6.14. The topological polar surface area (TPSA) is 52.6 Å². The number of likely N-dealkylation sites (N-methyl/N-ethyl adjacent to an activating group) is 1. The van der Waals surface area contributed by atoms with Gasteiger partial charge in [-0.3, -0.25) is 4.79 Å². The van der Waals surface area contributed by atoms with Crippen LogP contribution < -0.4 is 4.90 Å². The maximum absolute atomic E-state index is 12.9. The van der Waals surface area contributed by atoms with Gasteiger partial charge in [-0.05, 0) is 32.2 Å². The van der Waals surface area contributed by atoms with E-state index in [4.69, 9.17) is 0 Å². The highest BCUT2D eigenvalue weighted by Gasteiger charge is 2.30. The van der Waals surface area contributed by atoms with Crippen LogP contribution in [-0.4, -0.2) is 73.0 Å². The van der Waals surface area contributed by atoms with Crippen molar-refractivity contribution in [1.29, 1.82) is 0 Å². The van der Waals surface area contributed by atoms with Crippen molar-refractivity contribution in [3.05, 3.63) is 18.1 Å². The second-order valence-corrected chi connectivity index (χ2v) is 7.86. The van der Waals surface area contributed by atoms with E-state index in [2.05, 4.69) is 32.9 Å². The molecule has 2 aliphatic rings. The van der Waals surface area contributed by atoms with Crippen molar-refractivity contribution < 1.29 is 4.79 Å². The zero-order valence-corrected chi connectivity index (χ0v) is 15.8. The van der Waals surface area contributed by atoms with Gasteiger partial charge in [0.25, 0.3) is 0 Å². The number of amides is 1. The van der Waals surface area contributed by atoms with Crippen molar-refractivity contribution in [2.45, 2.75) is 32.1 Å². The average Bonchev–Trinajstić information content (AvgIpc) is 3.06. The molecule has 1 amide bonds. The predicted octanol–water partition coefficient (Wildman–Crippen LogP) is 1.67. The summed E-state index contributed by atoms with van der Waals surface area (Å²) >= 11 is 0. The third-order valence-corrected chi connectivity index (χ3v) is 5.48. The Morgan fingerprint density at radius 3 is 2.68 bits per heavy atom. The van der Waals surface area contributed by atoms with Crippen molar-refractivity contribution in [2.75, 3.05) is 52.2 Å². The molecule has 6 heteroatoms. The molecule has 0 unspecified atom stereocenters. The maximum Gasteiger partial charge on any atom is 0.225 e. The van der Waals surface area contributed by atoms with Crippen molar-refractivity contribution in [2.24, 2.45) is 11.8 Å². The van der Waals surface area contributed by atoms with Crippen LogP contribution in [0.25, 0.3) is 0 Å². The van der Waals surface area contributed by atoms with E-state index in [1.807, 2.05) is 19.0 Å². The highest BCUT2D eigenvalue weighted by atomic mass is 16.2. The minimum Gasteiger partial charge on any atom is -0.363 e. The first kappa shape index (κ1) is 18.1. The molecular formula is C19H31N5O. The molecule has 1 aliphatic heterocycles. The Morgan fingerprint density at radius 1 is 1.20 bits per heavy atom. The molecule has 3 rings (SSSR count). The van der Waals surface area contributed by atoms with Gasteiger partial charge >= 0.3 is 0 Å². The molecule has 0 spiro atoms. The molecule has 25 heavy (non-hydrogen) atoms. The summed E-state index contributed by atoms with van der Waals surface area (Å²) in [5.74, 6) is 2.01. The molecule has 1 atom stereocenters. The average molecular weight is 345 g/mol. The Balaban J connectivity index is 1.68. The predicted molar refractivity (Wildman–Crippen MR) is 99.6 cm³/mol. The molecule has 1 aliphatic carbocycles. The quantitative estimate of drug-likeness (QED) is 0.831. The fourth-order valence-electron chi connectivity index (χ4n) is 4.08. The summed E-state index contributed by atoms with van der Waals surface area (Å²) in [4.78, 5) is 28.1. The van der Waals surface area contributed by atoms with Crippen LogP contribution in [0.1, 0.15) is 31.4 Å². The standard InChI is InChI=1S/C19H31N5O/c1-22(2)18-11-17(20-14-21-18)10-15-12-23(3)8-9-24(13-15)19(25)16-6-4-5-7-16/h11,14-16H,4-10,12-13H2,1-3H3/t15-/m0/s1. The van der Waals surface area contributed by atoms with Gasteiger partial charge < -0.3 is 14.7 Å². The summed E-state index contributed by atoms with van der Waals surface area (Å²) in [6.07, 6.45) is 7.11. The fraction of sp³-hybridized carbons (Fsp3) is 0.737. The van der Waals surface area contributed by atoms with Crippen LogP contribution >= 0.6 is 0 Å². The molecule has 2 heterocycles. The van der Waals surface area contributed by atoms with Gasteiger partial charge in [-0.2, -0.15) is 0 Å². The summed E-state index contributed by atoms with van der Waals surface area (Å²) in [5, 5.41) is 0. The largest absolute Gasteiger partial charge is 0.363 e. The first-order valence-electron chi connectivity index (χ1n) is 9.48. The van der Waals surface area contributed by atoms with E-state index in [0.29, 0.717) is 11.8 Å². The van der Waals surface area contributed by atoms with Crippen molar-refractivity contribution in [1.82, 2.24) is 19.8 Å². The van der Waals surface area contributed by atoms with E-state index in [1.54, 1.807) is 6.33 Å². The van der Waals surface area contributed by atoms with E-state index in [0.717, 1.165) is 57.0 Å². The minimum absolute atomic E-state index is 0.267. The normalized spacial score (nSPS) is 22.8. The maximum atomic E-state index is 12.9.